The minimum Gasteiger partial charge on any atom is -0.208 e. The Morgan fingerprint density at radius 3 is 1.58 bits per heavy atom. The molecule has 4 saturated carbocycles. The second-order valence-electron chi connectivity index (χ2n) is 16.5. The maximum Gasteiger partial charge on any atom is 0.164 e. The van der Waals surface area contributed by atoms with Gasteiger partial charge in [0.25, 0.3) is 0 Å². The molecule has 6 aromatic carbocycles. The van der Waals surface area contributed by atoms with Gasteiger partial charge in [0.1, 0.15) is 0 Å². The molecule has 0 radical (unpaired) electrons. The predicted octanol–water partition coefficient (Wildman–Crippen LogP) is 11.6. The number of rotatable bonds is 6. The van der Waals surface area contributed by atoms with Gasteiger partial charge in [0.05, 0.1) is 17.0 Å². The SMILES string of the molecule is N#Cc1ccc2c(c1)-c1cccc(-c3nc(-c4ccccc4)nc(-c4ccc(C56CC7CC(CC(C7)C5)C6)cc4)n3)c1C2(c1ccccc1)c1ccccc1. The van der Waals surface area contributed by atoms with Gasteiger partial charge < -0.3 is 0 Å². The lowest BCUT2D eigenvalue weighted by atomic mass is 9.48. The fourth-order valence-corrected chi connectivity index (χ4v) is 11.6. The summed E-state index contributed by atoms with van der Waals surface area (Å²) in [5, 5.41) is 10.1. The van der Waals surface area contributed by atoms with E-state index in [2.05, 4.69) is 127 Å². The molecule has 0 saturated heterocycles. The van der Waals surface area contributed by atoms with E-state index < -0.39 is 5.41 Å². The van der Waals surface area contributed by atoms with E-state index in [0.29, 0.717) is 28.5 Å². The van der Waals surface area contributed by atoms with Crippen molar-refractivity contribution in [2.75, 3.05) is 0 Å². The molecular weight excluding hydrogens is 669 g/mol. The van der Waals surface area contributed by atoms with Crippen LogP contribution in [-0.2, 0) is 10.8 Å². The van der Waals surface area contributed by atoms with Crippen LogP contribution in [0.2, 0.25) is 0 Å². The third kappa shape index (κ3) is 4.99. The molecule has 7 aromatic rings. The number of nitriles is 1. The van der Waals surface area contributed by atoms with Crippen LogP contribution < -0.4 is 0 Å². The molecule has 5 aliphatic rings. The van der Waals surface area contributed by atoms with Crippen LogP contribution in [0.25, 0.3) is 45.3 Å². The van der Waals surface area contributed by atoms with Crippen LogP contribution in [0, 0.1) is 29.1 Å². The number of nitrogens with zero attached hydrogens (tertiary/aromatic N) is 4. The lowest BCUT2D eigenvalue weighted by Gasteiger charge is -2.57. The fourth-order valence-electron chi connectivity index (χ4n) is 11.6. The molecule has 55 heavy (non-hydrogen) atoms. The van der Waals surface area contributed by atoms with Gasteiger partial charge in [-0.1, -0.05) is 140 Å². The van der Waals surface area contributed by atoms with Gasteiger partial charge >= 0.3 is 0 Å². The Hall–Kier alpha value is -6.18. The fraction of sp³-hybridized carbons (Fsp3) is 0.216. The summed E-state index contributed by atoms with van der Waals surface area (Å²) in [7, 11) is 0. The van der Waals surface area contributed by atoms with Gasteiger partial charge in [-0.2, -0.15) is 5.26 Å². The molecule has 0 N–H and O–H groups in total. The van der Waals surface area contributed by atoms with Crippen LogP contribution in [0.4, 0.5) is 0 Å². The lowest BCUT2D eigenvalue weighted by Crippen LogP contribution is -2.48. The highest BCUT2D eigenvalue weighted by molar-refractivity contribution is 5.92. The predicted molar refractivity (Wildman–Crippen MR) is 218 cm³/mol. The van der Waals surface area contributed by atoms with E-state index in [-0.39, 0.29) is 0 Å². The molecule has 1 heterocycles. The van der Waals surface area contributed by atoms with Gasteiger partial charge in [0.2, 0.25) is 0 Å². The molecule has 0 amide bonds. The first-order chi connectivity index (χ1) is 27.1. The molecule has 1 aromatic heterocycles. The Balaban J connectivity index is 1.13. The van der Waals surface area contributed by atoms with E-state index >= 15 is 0 Å². The molecule has 0 aliphatic heterocycles. The van der Waals surface area contributed by atoms with Crippen LogP contribution in [0.1, 0.15) is 71.9 Å². The normalized spacial score (nSPS) is 22.5. The van der Waals surface area contributed by atoms with Crippen molar-refractivity contribution in [1.29, 1.82) is 5.26 Å². The summed E-state index contributed by atoms with van der Waals surface area (Å²) < 4.78 is 0. The Labute approximate surface area is 322 Å². The van der Waals surface area contributed by atoms with Gasteiger partial charge in [0, 0.05) is 16.7 Å². The van der Waals surface area contributed by atoms with Crippen molar-refractivity contribution in [1.82, 2.24) is 15.0 Å². The third-order valence-corrected chi connectivity index (χ3v) is 13.4. The van der Waals surface area contributed by atoms with Crippen LogP contribution >= 0.6 is 0 Å². The monoisotopic (exact) mass is 708 g/mol. The molecule has 264 valence electrons. The summed E-state index contributed by atoms with van der Waals surface area (Å²) in [6.07, 6.45) is 8.35. The minimum absolute atomic E-state index is 0.329. The van der Waals surface area contributed by atoms with Crippen molar-refractivity contribution < 1.29 is 0 Å². The lowest BCUT2D eigenvalue weighted by molar-refractivity contribution is -0.00518. The molecule has 4 fully saturated rings. The molecule has 4 nitrogen and oxygen atoms in total. The molecule has 5 aliphatic carbocycles. The van der Waals surface area contributed by atoms with Crippen molar-refractivity contribution in [2.45, 2.75) is 49.4 Å². The third-order valence-electron chi connectivity index (χ3n) is 13.4. The number of aromatic nitrogens is 3. The quantitative estimate of drug-likeness (QED) is 0.172. The first-order valence-electron chi connectivity index (χ1n) is 19.8. The van der Waals surface area contributed by atoms with Gasteiger partial charge in [-0.15, -0.1) is 0 Å². The summed E-state index contributed by atoms with van der Waals surface area (Å²) in [4.78, 5) is 15.8. The molecule has 12 rings (SSSR count). The van der Waals surface area contributed by atoms with E-state index in [1.54, 1.807) is 0 Å². The zero-order chi connectivity index (χ0) is 36.6. The summed E-state index contributed by atoms with van der Waals surface area (Å²) in [5.41, 5.74) is 11.4. The second-order valence-corrected chi connectivity index (χ2v) is 16.5. The summed E-state index contributed by atoms with van der Waals surface area (Å²) in [6.45, 7) is 0. The minimum atomic E-state index is -0.684. The first-order valence-corrected chi connectivity index (χ1v) is 19.8. The van der Waals surface area contributed by atoms with E-state index in [1.807, 2.05) is 30.3 Å². The van der Waals surface area contributed by atoms with E-state index in [0.717, 1.165) is 67.8 Å². The largest absolute Gasteiger partial charge is 0.208 e. The smallest absolute Gasteiger partial charge is 0.164 e. The van der Waals surface area contributed by atoms with Crippen molar-refractivity contribution in [2.24, 2.45) is 17.8 Å². The summed E-state index contributed by atoms with van der Waals surface area (Å²) in [6, 6.07) is 56.1. The van der Waals surface area contributed by atoms with Crippen molar-refractivity contribution in [3.63, 3.8) is 0 Å². The highest BCUT2D eigenvalue weighted by Gasteiger charge is 2.52. The van der Waals surface area contributed by atoms with Gasteiger partial charge in [0.15, 0.2) is 17.5 Å². The zero-order valence-corrected chi connectivity index (χ0v) is 30.7. The topological polar surface area (TPSA) is 62.5 Å². The molecule has 0 spiro atoms. The first kappa shape index (κ1) is 32.3. The molecule has 0 atom stereocenters. The average Bonchev–Trinajstić information content (AvgIpc) is 3.54. The average molecular weight is 709 g/mol. The summed E-state index contributed by atoms with van der Waals surface area (Å²) in [5.74, 6) is 4.65. The van der Waals surface area contributed by atoms with Crippen molar-refractivity contribution in [3.05, 3.63) is 185 Å². The van der Waals surface area contributed by atoms with Gasteiger partial charge in [-0.25, -0.2) is 15.0 Å². The van der Waals surface area contributed by atoms with Gasteiger partial charge in [-0.05, 0) is 113 Å². The number of hydrogen-bond donors (Lipinski definition) is 0. The second kappa shape index (κ2) is 12.4. The van der Waals surface area contributed by atoms with Crippen LogP contribution in [-0.4, -0.2) is 15.0 Å². The number of benzene rings is 6. The molecule has 0 unspecified atom stereocenters. The maximum atomic E-state index is 10.1. The van der Waals surface area contributed by atoms with Crippen molar-refractivity contribution in [3.8, 4) is 51.4 Å². The van der Waals surface area contributed by atoms with Gasteiger partial charge in [-0.3, -0.25) is 0 Å². The number of hydrogen-bond acceptors (Lipinski definition) is 4. The summed E-state index contributed by atoms with van der Waals surface area (Å²) >= 11 is 0. The Morgan fingerprint density at radius 2 is 1.00 bits per heavy atom. The van der Waals surface area contributed by atoms with Crippen LogP contribution in [0.5, 0.6) is 0 Å². The van der Waals surface area contributed by atoms with E-state index in [4.69, 9.17) is 15.0 Å². The van der Waals surface area contributed by atoms with E-state index in [9.17, 15) is 5.26 Å². The standard InChI is InChI=1S/C51H40N4/c52-32-33-19-24-45-44(28-33)42-17-10-18-43(46(42)51(45,40-13-6-2-7-14-40)41-15-8-3-9-16-41)49-54-47(37-11-4-1-5-12-37)53-48(55-49)38-20-22-39(23-21-38)50-29-34-25-35(30-50)27-36(26-34)31-50/h1-24,28,34-36H,25-27,29-31H2. The van der Waals surface area contributed by atoms with Crippen LogP contribution in [0.15, 0.2) is 152 Å². The number of fused-ring (bicyclic) bond motifs is 3. The van der Waals surface area contributed by atoms with Crippen molar-refractivity contribution >= 4 is 0 Å². The van der Waals surface area contributed by atoms with E-state index in [1.165, 1.54) is 44.1 Å². The zero-order valence-electron chi connectivity index (χ0n) is 30.7. The Morgan fingerprint density at radius 1 is 0.473 bits per heavy atom. The molecule has 4 bridgehead atoms. The maximum absolute atomic E-state index is 10.1. The Kier molecular flexibility index (Phi) is 7.29. The highest BCUT2D eigenvalue weighted by atomic mass is 15.0. The van der Waals surface area contributed by atoms with Crippen LogP contribution in [0.3, 0.4) is 0 Å². The highest BCUT2D eigenvalue weighted by Crippen LogP contribution is 2.61. The Bertz CT molecular complexity index is 2550. The molecular formula is C51H40N4. The molecule has 4 heteroatoms.